The zero-order chi connectivity index (χ0) is 21.9. The minimum atomic E-state index is -3.35. The van der Waals surface area contributed by atoms with Crippen LogP contribution in [0.1, 0.15) is 28.7 Å². The van der Waals surface area contributed by atoms with Crippen LogP contribution in [0, 0.1) is 6.92 Å². The number of hydrogen-bond donors (Lipinski definition) is 0. The molecular formula is C21H24N4O4S. The van der Waals surface area contributed by atoms with E-state index in [9.17, 15) is 13.2 Å². The van der Waals surface area contributed by atoms with Gasteiger partial charge in [0.15, 0.2) is 0 Å². The van der Waals surface area contributed by atoms with Gasteiger partial charge in [-0.25, -0.2) is 8.42 Å². The van der Waals surface area contributed by atoms with Crippen LogP contribution in [0.3, 0.4) is 0 Å². The van der Waals surface area contributed by atoms with Crippen LogP contribution in [0.5, 0.6) is 0 Å². The molecule has 0 aliphatic heterocycles. The van der Waals surface area contributed by atoms with Crippen molar-refractivity contribution in [2.75, 3.05) is 24.2 Å². The van der Waals surface area contributed by atoms with Crippen LogP contribution >= 0.6 is 0 Å². The number of anilines is 1. The van der Waals surface area contributed by atoms with Crippen molar-refractivity contribution >= 4 is 21.6 Å². The maximum atomic E-state index is 12.7. The Balaban J connectivity index is 1.69. The molecule has 0 saturated carbocycles. The van der Waals surface area contributed by atoms with Crippen molar-refractivity contribution in [1.82, 2.24) is 15.0 Å². The summed E-state index contributed by atoms with van der Waals surface area (Å²) in [5.41, 5.74) is 2.87. The molecule has 0 bridgehead atoms. The van der Waals surface area contributed by atoms with Gasteiger partial charge >= 0.3 is 0 Å². The Morgan fingerprint density at radius 3 is 2.43 bits per heavy atom. The van der Waals surface area contributed by atoms with Crippen molar-refractivity contribution in [3.05, 3.63) is 65.5 Å². The highest BCUT2D eigenvalue weighted by molar-refractivity contribution is 7.92. The summed E-state index contributed by atoms with van der Waals surface area (Å²) in [4.78, 5) is 18.5. The van der Waals surface area contributed by atoms with E-state index in [4.69, 9.17) is 4.52 Å². The van der Waals surface area contributed by atoms with E-state index in [0.717, 1.165) is 11.1 Å². The lowest BCUT2D eigenvalue weighted by Gasteiger charge is -2.19. The van der Waals surface area contributed by atoms with Gasteiger partial charge in [0.25, 0.3) is 5.91 Å². The fraction of sp³-hybridized carbons (Fsp3) is 0.286. The van der Waals surface area contributed by atoms with Gasteiger partial charge in [0.1, 0.15) is 0 Å². The Bertz CT molecular complexity index is 1140. The first-order valence-electron chi connectivity index (χ1n) is 9.43. The second kappa shape index (κ2) is 8.66. The van der Waals surface area contributed by atoms with Gasteiger partial charge in [-0.3, -0.25) is 9.10 Å². The third-order valence-electron chi connectivity index (χ3n) is 4.72. The predicted molar refractivity (Wildman–Crippen MR) is 115 cm³/mol. The van der Waals surface area contributed by atoms with Gasteiger partial charge in [-0.15, -0.1) is 0 Å². The summed E-state index contributed by atoms with van der Waals surface area (Å²) in [6.45, 7) is 3.72. The monoisotopic (exact) mass is 428 g/mol. The molecule has 0 atom stereocenters. The zero-order valence-corrected chi connectivity index (χ0v) is 18.2. The normalized spacial score (nSPS) is 11.3. The second-order valence-electron chi connectivity index (χ2n) is 6.96. The molecule has 3 rings (SSSR count). The minimum absolute atomic E-state index is 0.00163. The summed E-state index contributed by atoms with van der Waals surface area (Å²) in [5.74, 6) is 0.562. The van der Waals surface area contributed by atoms with Crippen LogP contribution in [-0.4, -0.2) is 49.2 Å². The van der Waals surface area contributed by atoms with Gasteiger partial charge < -0.3 is 9.42 Å². The quantitative estimate of drug-likeness (QED) is 0.574. The first kappa shape index (κ1) is 21.5. The summed E-state index contributed by atoms with van der Waals surface area (Å²) in [5, 5.41) is 3.99. The highest BCUT2D eigenvalue weighted by atomic mass is 32.2. The number of rotatable bonds is 7. The molecule has 1 aromatic heterocycles. The number of aryl methyl sites for hydroxylation is 1. The average molecular weight is 429 g/mol. The topological polar surface area (TPSA) is 96.6 Å². The van der Waals surface area contributed by atoms with Crippen LogP contribution < -0.4 is 4.31 Å². The molecule has 0 radical (unpaired) electrons. The number of nitrogens with zero attached hydrogens (tertiary/aromatic N) is 4. The number of carbonyl (C=O) groups is 1. The highest BCUT2D eigenvalue weighted by Crippen LogP contribution is 2.20. The van der Waals surface area contributed by atoms with E-state index in [1.165, 1.54) is 16.3 Å². The molecule has 8 nitrogen and oxygen atoms in total. The fourth-order valence-corrected chi connectivity index (χ4v) is 3.71. The largest absolute Gasteiger partial charge is 0.337 e. The standard InChI is InChI=1S/C21H24N4O4S/c1-5-30(27,28)25(4)18-11-9-16(10-12-18)21(26)24(3)14-19-22-20(23-29-19)17-8-6-7-15(2)13-17/h6-13H,5,14H2,1-4H3. The Kier molecular flexibility index (Phi) is 6.21. The van der Waals surface area contributed by atoms with Crippen molar-refractivity contribution in [2.24, 2.45) is 0 Å². The van der Waals surface area contributed by atoms with E-state index in [1.54, 1.807) is 38.2 Å². The van der Waals surface area contributed by atoms with E-state index < -0.39 is 10.0 Å². The number of amides is 1. The smallest absolute Gasteiger partial charge is 0.254 e. The molecule has 9 heteroatoms. The third kappa shape index (κ3) is 4.68. The van der Waals surface area contributed by atoms with Gasteiger partial charge in [-0.05, 0) is 44.2 Å². The lowest BCUT2D eigenvalue weighted by Crippen LogP contribution is -2.28. The van der Waals surface area contributed by atoms with E-state index in [1.807, 2.05) is 31.2 Å². The lowest BCUT2D eigenvalue weighted by molar-refractivity contribution is 0.0769. The average Bonchev–Trinajstić information content (AvgIpc) is 3.21. The molecule has 2 aromatic carbocycles. The molecule has 0 aliphatic rings. The van der Waals surface area contributed by atoms with Gasteiger partial charge in [0.05, 0.1) is 18.0 Å². The van der Waals surface area contributed by atoms with Crippen molar-refractivity contribution in [3.8, 4) is 11.4 Å². The molecule has 0 aliphatic carbocycles. The number of hydrogen-bond acceptors (Lipinski definition) is 6. The Hall–Kier alpha value is -3.20. The summed E-state index contributed by atoms with van der Waals surface area (Å²) in [7, 11) is -0.226. The van der Waals surface area contributed by atoms with Crippen molar-refractivity contribution in [3.63, 3.8) is 0 Å². The molecule has 0 saturated heterocycles. The van der Waals surface area contributed by atoms with Crippen LogP contribution in [0.15, 0.2) is 53.1 Å². The molecule has 0 spiro atoms. The first-order valence-corrected chi connectivity index (χ1v) is 11.0. The van der Waals surface area contributed by atoms with Crippen molar-refractivity contribution in [2.45, 2.75) is 20.4 Å². The third-order valence-corrected chi connectivity index (χ3v) is 6.50. The first-order chi connectivity index (χ1) is 14.2. The SMILES string of the molecule is CCS(=O)(=O)N(C)c1ccc(C(=O)N(C)Cc2nc(-c3cccc(C)c3)no2)cc1. The van der Waals surface area contributed by atoms with E-state index >= 15 is 0 Å². The molecule has 0 unspecified atom stereocenters. The van der Waals surface area contributed by atoms with Crippen molar-refractivity contribution < 1.29 is 17.7 Å². The van der Waals surface area contributed by atoms with Crippen molar-refractivity contribution in [1.29, 1.82) is 0 Å². The van der Waals surface area contributed by atoms with Gasteiger partial charge in [-0.1, -0.05) is 28.9 Å². The van der Waals surface area contributed by atoms with Gasteiger partial charge in [0, 0.05) is 25.2 Å². The van der Waals surface area contributed by atoms with E-state index in [2.05, 4.69) is 10.1 Å². The zero-order valence-electron chi connectivity index (χ0n) is 17.4. The lowest BCUT2D eigenvalue weighted by atomic mass is 10.1. The molecule has 0 fully saturated rings. The predicted octanol–water partition coefficient (Wildman–Crippen LogP) is 3.10. The molecular weight excluding hydrogens is 404 g/mol. The number of aromatic nitrogens is 2. The maximum Gasteiger partial charge on any atom is 0.254 e. The summed E-state index contributed by atoms with van der Waals surface area (Å²) in [6.07, 6.45) is 0. The minimum Gasteiger partial charge on any atom is -0.337 e. The summed E-state index contributed by atoms with van der Waals surface area (Å²) >= 11 is 0. The van der Waals surface area contributed by atoms with E-state index in [-0.39, 0.29) is 18.2 Å². The van der Waals surface area contributed by atoms with E-state index in [0.29, 0.717) is 23.0 Å². The van der Waals surface area contributed by atoms with Crippen LogP contribution in [0.25, 0.3) is 11.4 Å². The van der Waals surface area contributed by atoms with Crippen LogP contribution in [0.2, 0.25) is 0 Å². The highest BCUT2D eigenvalue weighted by Gasteiger charge is 2.19. The Morgan fingerprint density at radius 1 is 1.10 bits per heavy atom. The summed E-state index contributed by atoms with van der Waals surface area (Å²) < 4.78 is 30.5. The Labute approximate surface area is 176 Å². The molecule has 158 valence electrons. The molecule has 30 heavy (non-hydrogen) atoms. The molecule has 0 N–H and O–H groups in total. The molecule has 1 heterocycles. The maximum absolute atomic E-state index is 12.7. The molecule has 1 amide bonds. The van der Waals surface area contributed by atoms with Crippen LogP contribution in [-0.2, 0) is 16.6 Å². The summed E-state index contributed by atoms with van der Waals surface area (Å²) in [6, 6.07) is 14.2. The number of benzene rings is 2. The van der Waals surface area contributed by atoms with Crippen LogP contribution in [0.4, 0.5) is 5.69 Å². The van der Waals surface area contributed by atoms with Gasteiger partial charge in [0.2, 0.25) is 21.7 Å². The fourth-order valence-electron chi connectivity index (χ4n) is 2.88. The van der Waals surface area contributed by atoms with Gasteiger partial charge in [-0.2, -0.15) is 4.98 Å². The Morgan fingerprint density at radius 2 is 1.80 bits per heavy atom. The number of sulfonamides is 1. The number of carbonyl (C=O) groups excluding carboxylic acids is 1. The molecule has 3 aromatic rings. The second-order valence-corrected chi connectivity index (χ2v) is 9.25.